The SMILES string of the molecule is COc1cc(SC)ccc1C(=O)OCC(=O)NC(=O)N[C@H]1CCCC[C@H]1C. The summed E-state index contributed by atoms with van der Waals surface area (Å²) in [6.07, 6.45) is 6.11. The van der Waals surface area contributed by atoms with Crippen LogP contribution in [0.3, 0.4) is 0 Å². The molecule has 1 aliphatic carbocycles. The third-order valence-electron chi connectivity index (χ3n) is 4.64. The fourth-order valence-electron chi connectivity index (χ4n) is 3.07. The van der Waals surface area contributed by atoms with E-state index in [9.17, 15) is 14.4 Å². The van der Waals surface area contributed by atoms with E-state index in [0.717, 1.165) is 30.6 Å². The number of carbonyl (C=O) groups is 3. The van der Waals surface area contributed by atoms with E-state index in [0.29, 0.717) is 11.7 Å². The molecule has 1 saturated carbocycles. The normalized spacial score (nSPS) is 19.1. The van der Waals surface area contributed by atoms with Gasteiger partial charge < -0.3 is 14.8 Å². The largest absolute Gasteiger partial charge is 0.496 e. The lowest BCUT2D eigenvalue weighted by atomic mass is 9.86. The molecule has 0 aromatic heterocycles. The van der Waals surface area contributed by atoms with Gasteiger partial charge in [0.1, 0.15) is 11.3 Å². The number of hydrogen-bond donors (Lipinski definition) is 2. The van der Waals surface area contributed by atoms with Gasteiger partial charge in [0.25, 0.3) is 5.91 Å². The maximum atomic E-state index is 12.2. The van der Waals surface area contributed by atoms with Gasteiger partial charge >= 0.3 is 12.0 Å². The van der Waals surface area contributed by atoms with E-state index in [1.54, 1.807) is 18.2 Å². The molecular formula is C19H26N2O5S. The molecule has 0 spiro atoms. The van der Waals surface area contributed by atoms with E-state index in [4.69, 9.17) is 9.47 Å². The summed E-state index contributed by atoms with van der Waals surface area (Å²) in [7, 11) is 1.46. The van der Waals surface area contributed by atoms with Crippen LogP contribution in [0.15, 0.2) is 23.1 Å². The number of amides is 3. The van der Waals surface area contributed by atoms with Crippen LogP contribution in [0.2, 0.25) is 0 Å². The van der Waals surface area contributed by atoms with Gasteiger partial charge in [-0.25, -0.2) is 9.59 Å². The quantitative estimate of drug-likeness (QED) is 0.569. The van der Waals surface area contributed by atoms with Crippen molar-refractivity contribution in [2.45, 2.75) is 43.5 Å². The van der Waals surface area contributed by atoms with Gasteiger partial charge in [0.2, 0.25) is 0 Å². The molecule has 0 aliphatic heterocycles. The van der Waals surface area contributed by atoms with Crippen LogP contribution in [0.5, 0.6) is 5.75 Å². The molecule has 2 rings (SSSR count). The van der Waals surface area contributed by atoms with Gasteiger partial charge in [0.15, 0.2) is 6.61 Å². The lowest BCUT2D eigenvalue weighted by Crippen LogP contribution is -2.48. The van der Waals surface area contributed by atoms with Gasteiger partial charge in [-0.1, -0.05) is 19.8 Å². The van der Waals surface area contributed by atoms with Crippen LogP contribution >= 0.6 is 11.8 Å². The lowest BCUT2D eigenvalue weighted by molar-refractivity contribution is -0.123. The Bertz CT molecular complexity index is 695. The third kappa shape index (κ3) is 6.16. The first-order chi connectivity index (χ1) is 12.9. The van der Waals surface area contributed by atoms with Crippen LogP contribution in [0.25, 0.3) is 0 Å². The summed E-state index contributed by atoms with van der Waals surface area (Å²) in [6.45, 7) is 1.54. The Morgan fingerprint density at radius 2 is 1.96 bits per heavy atom. The van der Waals surface area contributed by atoms with Gasteiger partial charge in [0.05, 0.1) is 7.11 Å². The molecule has 1 aromatic carbocycles. The number of rotatable bonds is 6. The predicted molar refractivity (Wildman–Crippen MR) is 103 cm³/mol. The summed E-state index contributed by atoms with van der Waals surface area (Å²) in [5.74, 6) is -0.606. The fourth-order valence-corrected chi connectivity index (χ4v) is 3.50. The molecule has 1 aliphatic rings. The number of benzene rings is 1. The smallest absolute Gasteiger partial charge is 0.342 e. The van der Waals surface area contributed by atoms with Crippen LogP contribution < -0.4 is 15.4 Å². The number of ether oxygens (including phenoxy) is 2. The number of methoxy groups -OCH3 is 1. The summed E-state index contributed by atoms with van der Waals surface area (Å²) < 4.78 is 10.2. The standard InChI is InChI=1S/C19H26N2O5S/c1-12-6-4-5-7-15(12)20-19(24)21-17(22)11-26-18(23)14-9-8-13(27-3)10-16(14)25-2/h8-10,12,15H,4-7,11H2,1-3H3,(H2,20,21,22,24)/t12-,15+/m1/s1. The first-order valence-electron chi connectivity index (χ1n) is 8.94. The van der Waals surface area contributed by atoms with Crippen LogP contribution in [-0.4, -0.2) is 43.9 Å². The molecule has 0 bridgehead atoms. The minimum Gasteiger partial charge on any atom is -0.496 e. The zero-order chi connectivity index (χ0) is 19.8. The molecule has 1 fully saturated rings. The number of urea groups is 1. The van der Waals surface area contributed by atoms with E-state index in [2.05, 4.69) is 17.6 Å². The van der Waals surface area contributed by atoms with Gasteiger partial charge in [-0.05, 0) is 43.2 Å². The second-order valence-corrected chi connectivity index (χ2v) is 7.41. The van der Waals surface area contributed by atoms with Gasteiger partial charge in [-0.2, -0.15) is 0 Å². The van der Waals surface area contributed by atoms with Crippen molar-refractivity contribution >= 4 is 29.7 Å². The number of hydrogen-bond acceptors (Lipinski definition) is 6. The Balaban J connectivity index is 1.82. The molecule has 0 radical (unpaired) electrons. The van der Waals surface area contributed by atoms with Crippen molar-refractivity contribution in [1.82, 2.24) is 10.6 Å². The number of nitrogens with one attached hydrogen (secondary N) is 2. The van der Waals surface area contributed by atoms with Gasteiger partial charge in [-0.3, -0.25) is 10.1 Å². The Kier molecular flexibility index (Phi) is 7.97. The van der Waals surface area contributed by atoms with Crippen molar-refractivity contribution in [1.29, 1.82) is 0 Å². The van der Waals surface area contributed by atoms with E-state index in [1.165, 1.54) is 18.9 Å². The summed E-state index contributed by atoms with van der Waals surface area (Å²) in [4.78, 5) is 37.0. The summed E-state index contributed by atoms with van der Waals surface area (Å²) in [5.41, 5.74) is 0.226. The molecule has 0 heterocycles. The van der Waals surface area contributed by atoms with E-state index >= 15 is 0 Å². The van der Waals surface area contributed by atoms with E-state index < -0.39 is 24.5 Å². The van der Waals surface area contributed by atoms with Crippen molar-refractivity contribution < 1.29 is 23.9 Å². The molecule has 27 heavy (non-hydrogen) atoms. The zero-order valence-electron chi connectivity index (χ0n) is 15.9. The third-order valence-corrected chi connectivity index (χ3v) is 5.37. The molecule has 0 unspecified atom stereocenters. The van der Waals surface area contributed by atoms with Crippen molar-refractivity contribution in [2.24, 2.45) is 5.92 Å². The van der Waals surface area contributed by atoms with Crippen molar-refractivity contribution in [3.05, 3.63) is 23.8 Å². The summed E-state index contributed by atoms with van der Waals surface area (Å²) in [6, 6.07) is 4.58. The van der Waals surface area contributed by atoms with Gasteiger partial charge in [-0.15, -0.1) is 11.8 Å². The molecule has 2 atom stereocenters. The molecule has 2 N–H and O–H groups in total. The molecule has 1 aromatic rings. The highest BCUT2D eigenvalue weighted by Crippen LogP contribution is 2.26. The average Bonchev–Trinajstić information content (AvgIpc) is 2.67. The average molecular weight is 394 g/mol. The summed E-state index contributed by atoms with van der Waals surface area (Å²) in [5, 5.41) is 5.02. The van der Waals surface area contributed by atoms with Crippen LogP contribution in [0.4, 0.5) is 4.79 Å². The highest BCUT2D eigenvalue weighted by atomic mass is 32.2. The fraction of sp³-hybridized carbons (Fsp3) is 0.526. The first kappa shape index (κ1) is 21.1. The van der Waals surface area contributed by atoms with Crippen molar-refractivity contribution in [3.63, 3.8) is 0 Å². The molecule has 8 heteroatoms. The second kappa shape index (κ2) is 10.2. The number of esters is 1. The van der Waals surface area contributed by atoms with Gasteiger partial charge in [0, 0.05) is 10.9 Å². The minimum absolute atomic E-state index is 0.0633. The Morgan fingerprint density at radius 3 is 2.63 bits per heavy atom. The number of carbonyl (C=O) groups excluding carboxylic acids is 3. The molecule has 0 saturated heterocycles. The zero-order valence-corrected chi connectivity index (χ0v) is 16.7. The van der Waals surface area contributed by atoms with Crippen LogP contribution in [0.1, 0.15) is 43.0 Å². The monoisotopic (exact) mass is 394 g/mol. The summed E-state index contributed by atoms with van der Waals surface area (Å²) >= 11 is 1.52. The van der Waals surface area contributed by atoms with Crippen molar-refractivity contribution in [3.8, 4) is 5.75 Å². The Labute approximate surface area is 163 Å². The molecule has 3 amide bonds. The maximum Gasteiger partial charge on any atom is 0.342 e. The minimum atomic E-state index is -0.684. The van der Waals surface area contributed by atoms with E-state index in [1.807, 2.05) is 6.26 Å². The highest BCUT2D eigenvalue weighted by molar-refractivity contribution is 7.98. The predicted octanol–water partition coefficient (Wildman–Crippen LogP) is 2.98. The van der Waals surface area contributed by atoms with Crippen molar-refractivity contribution in [2.75, 3.05) is 20.0 Å². The maximum absolute atomic E-state index is 12.2. The van der Waals surface area contributed by atoms with E-state index in [-0.39, 0.29) is 11.6 Å². The topological polar surface area (TPSA) is 93.7 Å². The Hall–Kier alpha value is -2.22. The first-order valence-corrected chi connectivity index (χ1v) is 10.2. The van der Waals surface area contributed by atoms with Crippen LogP contribution in [0, 0.1) is 5.92 Å². The second-order valence-electron chi connectivity index (χ2n) is 6.53. The molecular weight excluding hydrogens is 368 g/mol. The highest BCUT2D eigenvalue weighted by Gasteiger charge is 2.23. The Morgan fingerprint density at radius 1 is 1.22 bits per heavy atom. The number of imide groups is 1. The number of thioether (sulfide) groups is 1. The van der Waals surface area contributed by atoms with Crippen LogP contribution in [-0.2, 0) is 9.53 Å². The molecule has 148 valence electrons. The molecule has 7 nitrogen and oxygen atoms in total. The lowest BCUT2D eigenvalue weighted by Gasteiger charge is -2.29.